The number of carbonyl (C=O) groups is 2. The summed E-state index contributed by atoms with van der Waals surface area (Å²) in [5, 5.41) is 8.29. The normalized spacial score (nSPS) is 15.5. The summed E-state index contributed by atoms with van der Waals surface area (Å²) in [6.07, 6.45) is 0.143. The number of ether oxygens (including phenoxy) is 1. The van der Waals surface area contributed by atoms with Crippen molar-refractivity contribution in [1.29, 1.82) is 0 Å². The first kappa shape index (κ1) is 24.3. The van der Waals surface area contributed by atoms with Gasteiger partial charge in [0.1, 0.15) is 18.2 Å². The van der Waals surface area contributed by atoms with Crippen LogP contribution in [0.15, 0.2) is 53.6 Å². The lowest BCUT2D eigenvalue weighted by atomic mass is 9.97. The second kappa shape index (κ2) is 11.0. The van der Waals surface area contributed by atoms with Gasteiger partial charge in [0, 0.05) is 37.2 Å². The maximum absolute atomic E-state index is 14.6. The number of hydrogen-bond acceptors (Lipinski definition) is 4. The third-order valence-corrected chi connectivity index (χ3v) is 5.21. The van der Waals surface area contributed by atoms with Crippen molar-refractivity contribution in [3.8, 4) is 0 Å². The van der Waals surface area contributed by atoms with Crippen LogP contribution in [0.25, 0.3) is 0 Å². The fourth-order valence-electron chi connectivity index (χ4n) is 3.61. The molecule has 1 aliphatic rings. The van der Waals surface area contributed by atoms with E-state index in [0.29, 0.717) is 5.71 Å². The Labute approximate surface area is 192 Å². The fourth-order valence-corrected chi connectivity index (χ4v) is 3.61. The molecule has 2 aromatic carbocycles. The number of nitrogens with zero attached hydrogens (tertiary/aromatic N) is 3. The van der Waals surface area contributed by atoms with Gasteiger partial charge in [0.05, 0.1) is 18.4 Å². The summed E-state index contributed by atoms with van der Waals surface area (Å²) in [6, 6.07) is 10.9. The fraction of sp³-hybridized carbons (Fsp3) is 0.375. The summed E-state index contributed by atoms with van der Waals surface area (Å²) in [5.74, 6) is -1.47. The predicted octanol–water partition coefficient (Wildman–Crippen LogP) is 3.71. The van der Waals surface area contributed by atoms with Crippen molar-refractivity contribution >= 4 is 17.6 Å². The highest BCUT2D eigenvalue weighted by molar-refractivity contribution is 6.03. The average molecular weight is 459 g/mol. The lowest BCUT2D eigenvalue weighted by molar-refractivity contribution is -0.133. The maximum atomic E-state index is 14.6. The number of methoxy groups -OCH3 is 1. The summed E-state index contributed by atoms with van der Waals surface area (Å²) in [5.41, 5.74) is 0.865. The van der Waals surface area contributed by atoms with E-state index in [1.807, 2.05) is 13.8 Å². The molecule has 0 bridgehead atoms. The lowest BCUT2D eigenvalue weighted by Crippen LogP contribution is -2.48. The van der Waals surface area contributed by atoms with E-state index >= 15 is 0 Å². The molecule has 0 fully saturated rings. The number of rotatable bonds is 8. The van der Waals surface area contributed by atoms with E-state index in [1.54, 1.807) is 36.4 Å². The van der Waals surface area contributed by atoms with Crippen LogP contribution in [0.4, 0.5) is 13.6 Å². The number of urea groups is 1. The van der Waals surface area contributed by atoms with Gasteiger partial charge >= 0.3 is 6.03 Å². The molecule has 2 aromatic rings. The monoisotopic (exact) mass is 458 g/mol. The predicted molar refractivity (Wildman–Crippen MR) is 121 cm³/mol. The number of halogens is 2. The smallest absolute Gasteiger partial charge is 0.318 e. The van der Waals surface area contributed by atoms with Crippen LogP contribution in [0.5, 0.6) is 0 Å². The van der Waals surface area contributed by atoms with E-state index in [2.05, 4.69) is 10.4 Å². The molecule has 33 heavy (non-hydrogen) atoms. The molecule has 7 nitrogen and oxygen atoms in total. The molecule has 0 saturated heterocycles. The van der Waals surface area contributed by atoms with Gasteiger partial charge in [-0.3, -0.25) is 4.79 Å². The van der Waals surface area contributed by atoms with Gasteiger partial charge in [0.25, 0.3) is 5.91 Å². The summed E-state index contributed by atoms with van der Waals surface area (Å²) < 4.78 is 34.1. The van der Waals surface area contributed by atoms with Crippen LogP contribution in [0, 0.1) is 11.6 Å². The number of carbonyl (C=O) groups excluding carboxylic acids is 2. The van der Waals surface area contributed by atoms with Crippen molar-refractivity contribution in [2.75, 3.05) is 26.8 Å². The van der Waals surface area contributed by atoms with Crippen LogP contribution >= 0.6 is 0 Å². The van der Waals surface area contributed by atoms with Gasteiger partial charge in [-0.25, -0.2) is 18.6 Å². The largest absolute Gasteiger partial charge is 0.383 e. The number of benzene rings is 2. The van der Waals surface area contributed by atoms with Crippen LogP contribution in [0.2, 0.25) is 0 Å². The third-order valence-electron chi connectivity index (χ3n) is 5.21. The van der Waals surface area contributed by atoms with Crippen molar-refractivity contribution in [2.24, 2.45) is 5.10 Å². The first-order valence-corrected chi connectivity index (χ1v) is 10.7. The minimum absolute atomic E-state index is 0.124. The van der Waals surface area contributed by atoms with E-state index in [9.17, 15) is 18.4 Å². The summed E-state index contributed by atoms with van der Waals surface area (Å²) in [7, 11) is 1.50. The van der Waals surface area contributed by atoms with Crippen LogP contribution in [0.3, 0.4) is 0 Å². The Balaban J connectivity index is 1.92. The number of amides is 3. The summed E-state index contributed by atoms with van der Waals surface area (Å²) in [4.78, 5) is 27.2. The van der Waals surface area contributed by atoms with Gasteiger partial charge in [-0.15, -0.1) is 0 Å². The highest BCUT2D eigenvalue weighted by Crippen LogP contribution is 2.34. The first-order valence-electron chi connectivity index (χ1n) is 10.7. The Morgan fingerprint density at radius 1 is 1.15 bits per heavy atom. The van der Waals surface area contributed by atoms with Crippen LogP contribution in [-0.4, -0.2) is 60.4 Å². The van der Waals surface area contributed by atoms with Gasteiger partial charge in [0.2, 0.25) is 0 Å². The molecule has 0 aromatic heterocycles. The van der Waals surface area contributed by atoms with Gasteiger partial charge in [0.15, 0.2) is 0 Å². The number of hydrogen-bond donors (Lipinski definition) is 1. The Hall–Kier alpha value is -3.33. The molecule has 1 heterocycles. The Kier molecular flexibility index (Phi) is 8.11. The number of nitrogens with one attached hydrogen (secondary N) is 1. The average Bonchev–Trinajstić information content (AvgIpc) is 3.21. The molecular weight excluding hydrogens is 430 g/mol. The van der Waals surface area contributed by atoms with Crippen molar-refractivity contribution in [3.63, 3.8) is 0 Å². The van der Waals surface area contributed by atoms with Crippen molar-refractivity contribution in [2.45, 2.75) is 32.4 Å². The number of hydrazone groups is 1. The molecule has 3 rings (SSSR count). The third kappa shape index (κ3) is 5.92. The molecule has 0 saturated carbocycles. The van der Waals surface area contributed by atoms with Crippen molar-refractivity contribution in [3.05, 3.63) is 71.3 Å². The molecular formula is C24H28F2N4O3. The molecule has 9 heteroatoms. The molecule has 0 spiro atoms. The molecule has 1 atom stereocenters. The standard InChI is InChI=1S/C24H28F2N4O3/c1-16(2)27-24(32)29(12-13-33-3)15-23(31)30-22(18-9-5-7-11-20(18)26)14-21(28-30)17-8-4-6-10-19(17)25/h4-11,16,22H,12-15H2,1-3H3,(H,27,32)/t22-/m0/s1. The molecule has 176 valence electrons. The lowest BCUT2D eigenvalue weighted by Gasteiger charge is -2.27. The highest BCUT2D eigenvalue weighted by Gasteiger charge is 2.36. The van der Waals surface area contributed by atoms with Crippen molar-refractivity contribution in [1.82, 2.24) is 15.2 Å². The summed E-state index contributed by atoms with van der Waals surface area (Å²) in [6.45, 7) is 3.75. The molecule has 0 radical (unpaired) electrons. The van der Waals surface area contributed by atoms with E-state index in [4.69, 9.17) is 4.74 Å². The van der Waals surface area contributed by atoms with Gasteiger partial charge < -0.3 is 15.0 Å². The zero-order valence-corrected chi connectivity index (χ0v) is 18.9. The summed E-state index contributed by atoms with van der Waals surface area (Å²) >= 11 is 0. The van der Waals surface area contributed by atoms with E-state index in [1.165, 1.54) is 24.1 Å². The van der Waals surface area contributed by atoms with E-state index < -0.39 is 29.6 Å². The highest BCUT2D eigenvalue weighted by atomic mass is 19.1. The zero-order chi connectivity index (χ0) is 24.0. The SMILES string of the molecule is COCCN(CC(=O)N1N=C(c2ccccc2F)C[C@H]1c1ccccc1F)C(=O)NC(C)C. The van der Waals surface area contributed by atoms with Crippen LogP contribution in [-0.2, 0) is 9.53 Å². The van der Waals surface area contributed by atoms with Gasteiger partial charge in [-0.05, 0) is 26.0 Å². The topological polar surface area (TPSA) is 74.2 Å². The molecule has 0 aliphatic carbocycles. The van der Waals surface area contributed by atoms with E-state index in [0.717, 1.165) is 5.01 Å². The first-order chi connectivity index (χ1) is 15.8. The minimum atomic E-state index is -0.759. The zero-order valence-electron chi connectivity index (χ0n) is 18.9. The maximum Gasteiger partial charge on any atom is 0.318 e. The molecule has 1 aliphatic heterocycles. The second-order valence-electron chi connectivity index (χ2n) is 8.02. The molecule has 3 amide bonds. The molecule has 0 unspecified atom stereocenters. The van der Waals surface area contributed by atoms with Crippen molar-refractivity contribution < 1.29 is 23.1 Å². The second-order valence-corrected chi connectivity index (χ2v) is 8.02. The quantitative estimate of drug-likeness (QED) is 0.656. The Morgan fingerprint density at radius 2 is 1.82 bits per heavy atom. The van der Waals surface area contributed by atoms with Gasteiger partial charge in [-0.1, -0.05) is 36.4 Å². The van der Waals surface area contributed by atoms with Gasteiger partial charge in [-0.2, -0.15) is 5.10 Å². The van der Waals surface area contributed by atoms with Crippen LogP contribution in [0.1, 0.15) is 37.4 Å². The van der Waals surface area contributed by atoms with Crippen LogP contribution < -0.4 is 5.32 Å². The molecule has 1 N–H and O–H groups in total. The Morgan fingerprint density at radius 3 is 2.45 bits per heavy atom. The van der Waals surface area contributed by atoms with E-state index in [-0.39, 0.29) is 43.3 Å². The Bertz CT molecular complexity index is 1030. The minimum Gasteiger partial charge on any atom is -0.383 e.